The fourth-order valence-electron chi connectivity index (χ4n) is 2.96. The molecule has 1 aliphatic carbocycles. The van der Waals surface area contributed by atoms with Gasteiger partial charge in [-0.05, 0) is 31.0 Å². The summed E-state index contributed by atoms with van der Waals surface area (Å²) in [5.74, 6) is 0.831. The standard InChI is InChI=1S/C16H16N4O2/c17-10-1-3-14-12(5-10)13-6-11(2-4-15(13)22-14)20-16(21)9-7-18-19-8-9/h2,4,6-8,10H,1,3,5,17H2,(H,18,19)(H,20,21). The van der Waals surface area contributed by atoms with Gasteiger partial charge in [0.1, 0.15) is 11.3 Å². The largest absolute Gasteiger partial charge is 0.461 e. The average Bonchev–Trinajstić information content (AvgIpc) is 3.14. The number of fused-ring (bicyclic) bond motifs is 3. The van der Waals surface area contributed by atoms with E-state index in [-0.39, 0.29) is 11.9 Å². The fourth-order valence-corrected chi connectivity index (χ4v) is 2.96. The second-order valence-corrected chi connectivity index (χ2v) is 5.66. The van der Waals surface area contributed by atoms with Crippen LogP contribution in [0.3, 0.4) is 0 Å². The van der Waals surface area contributed by atoms with Crippen LogP contribution >= 0.6 is 0 Å². The van der Waals surface area contributed by atoms with Crippen molar-refractivity contribution in [1.82, 2.24) is 10.2 Å². The van der Waals surface area contributed by atoms with Crippen LogP contribution in [0.25, 0.3) is 11.0 Å². The fraction of sp³-hybridized carbons (Fsp3) is 0.250. The Hall–Kier alpha value is -2.60. The van der Waals surface area contributed by atoms with E-state index >= 15 is 0 Å². The van der Waals surface area contributed by atoms with E-state index in [1.807, 2.05) is 18.2 Å². The number of nitrogens with two attached hydrogens (primary N) is 1. The number of hydrogen-bond donors (Lipinski definition) is 3. The van der Waals surface area contributed by atoms with Gasteiger partial charge in [-0.1, -0.05) is 0 Å². The number of nitrogens with one attached hydrogen (secondary N) is 2. The zero-order chi connectivity index (χ0) is 15.1. The van der Waals surface area contributed by atoms with E-state index in [2.05, 4.69) is 15.5 Å². The number of carbonyl (C=O) groups is 1. The first-order valence-electron chi connectivity index (χ1n) is 7.31. The molecule has 1 unspecified atom stereocenters. The first kappa shape index (κ1) is 13.1. The van der Waals surface area contributed by atoms with Crippen LogP contribution in [0.15, 0.2) is 35.0 Å². The summed E-state index contributed by atoms with van der Waals surface area (Å²) in [5.41, 5.74) is 9.32. The maximum atomic E-state index is 12.1. The van der Waals surface area contributed by atoms with Crippen molar-refractivity contribution in [2.75, 3.05) is 5.32 Å². The van der Waals surface area contributed by atoms with Gasteiger partial charge in [0.2, 0.25) is 0 Å². The van der Waals surface area contributed by atoms with E-state index in [4.69, 9.17) is 10.2 Å². The summed E-state index contributed by atoms with van der Waals surface area (Å²) in [6, 6.07) is 5.87. The summed E-state index contributed by atoms with van der Waals surface area (Å²) in [6.45, 7) is 0. The number of benzene rings is 1. The molecule has 6 heteroatoms. The molecule has 112 valence electrons. The van der Waals surface area contributed by atoms with Crippen LogP contribution in [-0.2, 0) is 12.8 Å². The van der Waals surface area contributed by atoms with Gasteiger partial charge >= 0.3 is 0 Å². The van der Waals surface area contributed by atoms with Crippen LogP contribution < -0.4 is 11.1 Å². The number of amides is 1. The van der Waals surface area contributed by atoms with Gasteiger partial charge in [0.25, 0.3) is 5.91 Å². The number of rotatable bonds is 2. The van der Waals surface area contributed by atoms with Crippen molar-refractivity contribution >= 4 is 22.6 Å². The molecule has 0 fully saturated rings. The first-order chi connectivity index (χ1) is 10.7. The Morgan fingerprint density at radius 1 is 1.45 bits per heavy atom. The Kier molecular flexibility index (Phi) is 2.97. The lowest BCUT2D eigenvalue weighted by Crippen LogP contribution is -2.27. The minimum atomic E-state index is -0.192. The molecule has 1 amide bonds. The molecule has 0 aliphatic heterocycles. The average molecular weight is 296 g/mol. The van der Waals surface area contributed by atoms with Crippen LogP contribution in [0.4, 0.5) is 5.69 Å². The van der Waals surface area contributed by atoms with E-state index in [0.717, 1.165) is 41.7 Å². The number of aryl methyl sites for hydroxylation is 1. The van der Waals surface area contributed by atoms with Crippen LogP contribution in [0, 0.1) is 0 Å². The number of nitrogens with zero attached hydrogens (tertiary/aromatic N) is 1. The molecule has 4 rings (SSSR count). The normalized spacial score (nSPS) is 17.4. The zero-order valence-electron chi connectivity index (χ0n) is 11.9. The molecule has 6 nitrogen and oxygen atoms in total. The molecular formula is C16H16N4O2. The minimum Gasteiger partial charge on any atom is -0.461 e. The second kappa shape index (κ2) is 4.99. The minimum absolute atomic E-state index is 0.178. The third-order valence-corrected chi connectivity index (χ3v) is 4.10. The molecule has 1 aliphatic rings. The highest BCUT2D eigenvalue weighted by atomic mass is 16.3. The zero-order valence-corrected chi connectivity index (χ0v) is 11.9. The third-order valence-electron chi connectivity index (χ3n) is 4.10. The summed E-state index contributed by atoms with van der Waals surface area (Å²) in [7, 11) is 0. The molecule has 0 saturated heterocycles. The molecule has 1 atom stereocenters. The second-order valence-electron chi connectivity index (χ2n) is 5.66. The summed E-state index contributed by atoms with van der Waals surface area (Å²) in [4.78, 5) is 12.1. The van der Waals surface area contributed by atoms with Crippen LogP contribution in [0.2, 0.25) is 0 Å². The van der Waals surface area contributed by atoms with Crippen LogP contribution in [0.5, 0.6) is 0 Å². The van der Waals surface area contributed by atoms with Crippen molar-refractivity contribution in [3.63, 3.8) is 0 Å². The maximum absolute atomic E-state index is 12.1. The highest BCUT2D eigenvalue weighted by Crippen LogP contribution is 2.33. The summed E-state index contributed by atoms with van der Waals surface area (Å²) in [5, 5.41) is 10.3. The van der Waals surface area contributed by atoms with Gasteiger partial charge in [-0.2, -0.15) is 5.10 Å². The van der Waals surface area contributed by atoms with Crippen molar-refractivity contribution in [2.45, 2.75) is 25.3 Å². The first-order valence-corrected chi connectivity index (χ1v) is 7.31. The Morgan fingerprint density at radius 3 is 3.18 bits per heavy atom. The highest BCUT2D eigenvalue weighted by molar-refractivity contribution is 6.04. The van der Waals surface area contributed by atoms with Gasteiger partial charge in [0, 0.05) is 35.3 Å². The van der Waals surface area contributed by atoms with Gasteiger partial charge in [0.05, 0.1) is 11.8 Å². The number of carbonyl (C=O) groups excluding carboxylic acids is 1. The smallest absolute Gasteiger partial charge is 0.258 e. The lowest BCUT2D eigenvalue weighted by Gasteiger charge is -2.16. The molecule has 0 saturated carbocycles. The van der Waals surface area contributed by atoms with Crippen LogP contribution in [0.1, 0.15) is 28.1 Å². The van der Waals surface area contributed by atoms with E-state index in [0.29, 0.717) is 5.56 Å². The van der Waals surface area contributed by atoms with Crippen molar-refractivity contribution < 1.29 is 9.21 Å². The molecule has 22 heavy (non-hydrogen) atoms. The van der Waals surface area contributed by atoms with Crippen LogP contribution in [-0.4, -0.2) is 22.1 Å². The molecule has 2 aromatic heterocycles. The Labute approximate surface area is 126 Å². The summed E-state index contributed by atoms with van der Waals surface area (Å²) in [6.07, 6.45) is 5.71. The van der Waals surface area contributed by atoms with E-state index in [1.54, 1.807) is 6.20 Å². The van der Waals surface area contributed by atoms with E-state index in [9.17, 15) is 4.79 Å². The number of aromatic nitrogens is 2. The monoisotopic (exact) mass is 296 g/mol. The van der Waals surface area contributed by atoms with Gasteiger partial charge < -0.3 is 15.5 Å². The lowest BCUT2D eigenvalue weighted by atomic mass is 9.92. The molecule has 4 N–H and O–H groups in total. The predicted molar refractivity (Wildman–Crippen MR) is 82.8 cm³/mol. The number of anilines is 1. The quantitative estimate of drug-likeness (QED) is 0.675. The molecule has 0 spiro atoms. The lowest BCUT2D eigenvalue weighted by molar-refractivity contribution is 0.102. The van der Waals surface area contributed by atoms with Crippen molar-refractivity contribution in [3.8, 4) is 0 Å². The molecule has 0 bridgehead atoms. The van der Waals surface area contributed by atoms with Gasteiger partial charge in [-0.25, -0.2) is 0 Å². The highest BCUT2D eigenvalue weighted by Gasteiger charge is 2.22. The Bertz CT molecular complexity index is 835. The molecule has 0 radical (unpaired) electrons. The Balaban J connectivity index is 1.68. The van der Waals surface area contributed by atoms with E-state index < -0.39 is 0 Å². The van der Waals surface area contributed by atoms with Crippen molar-refractivity contribution in [1.29, 1.82) is 0 Å². The third kappa shape index (κ3) is 2.17. The number of furan rings is 1. The summed E-state index contributed by atoms with van der Waals surface area (Å²) >= 11 is 0. The Morgan fingerprint density at radius 2 is 2.36 bits per heavy atom. The SMILES string of the molecule is NC1CCc2oc3ccc(NC(=O)c4cn[nH]c4)cc3c2C1. The molecule has 2 heterocycles. The molecule has 1 aromatic carbocycles. The topological polar surface area (TPSA) is 96.9 Å². The van der Waals surface area contributed by atoms with Gasteiger partial charge in [-0.3, -0.25) is 9.89 Å². The molecular weight excluding hydrogens is 280 g/mol. The van der Waals surface area contributed by atoms with Gasteiger partial charge in [-0.15, -0.1) is 0 Å². The van der Waals surface area contributed by atoms with Crippen molar-refractivity contribution in [2.24, 2.45) is 5.73 Å². The molecule has 3 aromatic rings. The summed E-state index contributed by atoms with van der Waals surface area (Å²) < 4.78 is 5.89. The van der Waals surface area contributed by atoms with Gasteiger partial charge in [0.15, 0.2) is 0 Å². The maximum Gasteiger partial charge on any atom is 0.258 e. The number of aromatic amines is 1. The predicted octanol–water partition coefficient (Wildman–Crippen LogP) is 2.22. The number of hydrogen-bond acceptors (Lipinski definition) is 4. The van der Waals surface area contributed by atoms with Crippen molar-refractivity contribution in [3.05, 3.63) is 47.5 Å². The number of H-pyrrole nitrogens is 1. The van der Waals surface area contributed by atoms with E-state index in [1.165, 1.54) is 11.8 Å².